The average molecular weight is 334 g/mol. The lowest BCUT2D eigenvalue weighted by Gasteiger charge is -2.04. The molecule has 0 aliphatic rings. The molecule has 2 aromatic heterocycles. The molecule has 0 bridgehead atoms. The zero-order valence-corrected chi connectivity index (χ0v) is 13.7. The monoisotopic (exact) mass is 334 g/mol. The van der Waals surface area contributed by atoms with Crippen LogP contribution in [-0.4, -0.2) is 34.2 Å². The van der Waals surface area contributed by atoms with Crippen LogP contribution in [0.5, 0.6) is 0 Å². The Morgan fingerprint density at radius 2 is 2.30 bits per heavy atom. The Balaban J connectivity index is 2.19. The minimum atomic E-state index is -0.228. The second kappa shape index (κ2) is 7.05. The number of carbonyl (C=O) groups excluding carboxylic acids is 2. The van der Waals surface area contributed by atoms with Gasteiger partial charge in [-0.3, -0.25) is 15.0 Å². The second-order valence-corrected chi connectivity index (χ2v) is 5.95. The van der Waals surface area contributed by atoms with Crippen LogP contribution in [0.4, 0.5) is 5.13 Å². The Kier molecular flexibility index (Phi) is 5.12. The standard InChI is InChI=1S/C14H18N6O2S/c1-8-12(23-14(19-8)18-7-21)9-5-10(20(2)6-9)13(22)17-4-3-11(15)16/h5-7H,3-4H2,1-2H3,(H3,15,16)(H,17,22)(H,18,19,21). The number of amides is 2. The number of aryl methyl sites for hydroxylation is 2. The molecule has 0 spiro atoms. The highest BCUT2D eigenvalue weighted by atomic mass is 32.1. The highest BCUT2D eigenvalue weighted by molar-refractivity contribution is 7.19. The van der Waals surface area contributed by atoms with Crippen LogP contribution in [0.1, 0.15) is 22.6 Å². The van der Waals surface area contributed by atoms with E-state index in [0.717, 1.165) is 16.1 Å². The average Bonchev–Trinajstić information content (AvgIpc) is 3.02. The van der Waals surface area contributed by atoms with Crippen LogP contribution >= 0.6 is 11.3 Å². The van der Waals surface area contributed by atoms with E-state index in [9.17, 15) is 9.59 Å². The fourth-order valence-electron chi connectivity index (χ4n) is 2.09. The SMILES string of the molecule is Cc1nc(NC=O)sc1-c1cc(C(=O)NCCC(=N)N)n(C)c1. The predicted molar refractivity (Wildman–Crippen MR) is 89.8 cm³/mol. The van der Waals surface area contributed by atoms with E-state index in [1.807, 2.05) is 13.1 Å². The summed E-state index contributed by atoms with van der Waals surface area (Å²) in [5.41, 5.74) is 7.41. The molecule has 2 rings (SSSR count). The van der Waals surface area contributed by atoms with Crippen molar-refractivity contribution < 1.29 is 9.59 Å². The second-order valence-electron chi connectivity index (χ2n) is 4.95. The molecule has 2 heterocycles. The van der Waals surface area contributed by atoms with E-state index in [1.54, 1.807) is 17.7 Å². The molecule has 0 aliphatic carbocycles. The summed E-state index contributed by atoms with van der Waals surface area (Å²) in [4.78, 5) is 27.8. The molecule has 0 radical (unpaired) electrons. The van der Waals surface area contributed by atoms with Crippen LogP contribution in [-0.2, 0) is 11.8 Å². The van der Waals surface area contributed by atoms with Crippen molar-refractivity contribution in [3.8, 4) is 10.4 Å². The minimum absolute atomic E-state index is 0.0355. The third-order valence-corrected chi connectivity index (χ3v) is 4.30. The van der Waals surface area contributed by atoms with Gasteiger partial charge in [-0.25, -0.2) is 4.98 Å². The summed E-state index contributed by atoms with van der Waals surface area (Å²) in [6.45, 7) is 2.17. The number of hydrogen-bond donors (Lipinski definition) is 4. The van der Waals surface area contributed by atoms with Crippen molar-refractivity contribution in [1.29, 1.82) is 5.41 Å². The van der Waals surface area contributed by atoms with Crippen LogP contribution in [0.15, 0.2) is 12.3 Å². The summed E-state index contributed by atoms with van der Waals surface area (Å²) in [6, 6.07) is 1.77. The van der Waals surface area contributed by atoms with E-state index in [4.69, 9.17) is 11.1 Å². The van der Waals surface area contributed by atoms with Gasteiger partial charge >= 0.3 is 0 Å². The molecule has 0 fully saturated rings. The van der Waals surface area contributed by atoms with Gasteiger partial charge in [-0.05, 0) is 13.0 Å². The fourth-order valence-corrected chi connectivity index (χ4v) is 3.00. The number of nitrogens with zero attached hydrogens (tertiary/aromatic N) is 2. The van der Waals surface area contributed by atoms with Gasteiger partial charge in [0.15, 0.2) is 5.13 Å². The Labute approximate surface area is 137 Å². The molecule has 122 valence electrons. The van der Waals surface area contributed by atoms with E-state index in [2.05, 4.69) is 15.6 Å². The maximum absolute atomic E-state index is 12.2. The fraction of sp³-hybridized carbons (Fsp3) is 0.286. The Morgan fingerprint density at radius 1 is 1.57 bits per heavy atom. The van der Waals surface area contributed by atoms with Gasteiger partial charge in [0.25, 0.3) is 5.91 Å². The number of nitrogens with two attached hydrogens (primary N) is 1. The minimum Gasteiger partial charge on any atom is -0.388 e. The van der Waals surface area contributed by atoms with Gasteiger partial charge in [0.2, 0.25) is 6.41 Å². The van der Waals surface area contributed by atoms with Gasteiger partial charge in [-0.1, -0.05) is 11.3 Å². The summed E-state index contributed by atoms with van der Waals surface area (Å²) in [7, 11) is 1.78. The van der Waals surface area contributed by atoms with E-state index in [-0.39, 0.29) is 11.7 Å². The zero-order chi connectivity index (χ0) is 17.0. The van der Waals surface area contributed by atoms with E-state index in [1.165, 1.54) is 11.3 Å². The number of rotatable bonds is 7. The highest BCUT2D eigenvalue weighted by Crippen LogP contribution is 2.33. The van der Waals surface area contributed by atoms with Crippen LogP contribution in [0.2, 0.25) is 0 Å². The van der Waals surface area contributed by atoms with Crippen LogP contribution in [0.25, 0.3) is 10.4 Å². The van der Waals surface area contributed by atoms with Crippen molar-refractivity contribution in [3.05, 3.63) is 23.7 Å². The van der Waals surface area contributed by atoms with Gasteiger partial charge in [-0.15, -0.1) is 0 Å². The normalized spacial score (nSPS) is 10.3. The highest BCUT2D eigenvalue weighted by Gasteiger charge is 2.16. The van der Waals surface area contributed by atoms with Crippen molar-refractivity contribution in [2.45, 2.75) is 13.3 Å². The largest absolute Gasteiger partial charge is 0.388 e. The van der Waals surface area contributed by atoms with Crippen molar-refractivity contribution in [3.63, 3.8) is 0 Å². The van der Waals surface area contributed by atoms with Crippen LogP contribution in [0, 0.1) is 12.3 Å². The number of nitrogens with one attached hydrogen (secondary N) is 3. The summed E-state index contributed by atoms with van der Waals surface area (Å²) in [5.74, 6) is -0.193. The summed E-state index contributed by atoms with van der Waals surface area (Å²) in [5, 5.41) is 12.9. The molecule has 0 aliphatic heterocycles. The lowest BCUT2D eigenvalue weighted by atomic mass is 10.2. The lowest BCUT2D eigenvalue weighted by molar-refractivity contribution is -0.105. The molecule has 0 atom stereocenters. The molecular formula is C14H18N6O2S. The first-order valence-corrected chi connectivity index (χ1v) is 7.69. The van der Waals surface area contributed by atoms with Crippen molar-refractivity contribution in [2.24, 2.45) is 12.8 Å². The number of hydrogen-bond acceptors (Lipinski definition) is 5. The summed E-state index contributed by atoms with van der Waals surface area (Å²) < 4.78 is 1.73. The molecule has 2 amide bonds. The number of thiazole rings is 1. The van der Waals surface area contributed by atoms with Crippen LogP contribution in [0.3, 0.4) is 0 Å². The summed E-state index contributed by atoms with van der Waals surface area (Å²) >= 11 is 1.35. The van der Waals surface area contributed by atoms with E-state index in [0.29, 0.717) is 30.2 Å². The van der Waals surface area contributed by atoms with Crippen molar-refractivity contribution in [2.75, 3.05) is 11.9 Å². The number of anilines is 1. The first-order valence-electron chi connectivity index (χ1n) is 6.87. The number of carbonyl (C=O) groups is 2. The molecule has 5 N–H and O–H groups in total. The molecule has 23 heavy (non-hydrogen) atoms. The molecule has 9 heteroatoms. The van der Waals surface area contributed by atoms with Gasteiger partial charge in [0.1, 0.15) is 5.69 Å². The lowest BCUT2D eigenvalue weighted by Crippen LogP contribution is -2.28. The third-order valence-electron chi connectivity index (χ3n) is 3.16. The summed E-state index contributed by atoms with van der Waals surface area (Å²) in [6.07, 6.45) is 2.74. The van der Waals surface area contributed by atoms with Gasteiger partial charge in [0.05, 0.1) is 16.4 Å². The van der Waals surface area contributed by atoms with E-state index >= 15 is 0 Å². The van der Waals surface area contributed by atoms with Gasteiger partial charge in [-0.2, -0.15) is 0 Å². The quantitative estimate of drug-likeness (QED) is 0.343. The Bertz CT molecular complexity index is 749. The van der Waals surface area contributed by atoms with E-state index < -0.39 is 0 Å². The Hall–Kier alpha value is -2.68. The Morgan fingerprint density at radius 3 is 2.96 bits per heavy atom. The molecule has 0 saturated carbocycles. The molecule has 0 aromatic carbocycles. The van der Waals surface area contributed by atoms with Gasteiger partial charge in [0, 0.05) is 31.8 Å². The molecule has 0 saturated heterocycles. The third kappa shape index (κ3) is 3.95. The molecule has 2 aromatic rings. The first kappa shape index (κ1) is 16.7. The van der Waals surface area contributed by atoms with Gasteiger partial charge < -0.3 is 20.9 Å². The maximum Gasteiger partial charge on any atom is 0.267 e. The predicted octanol–water partition coefficient (Wildman–Crippen LogP) is 1.08. The smallest absolute Gasteiger partial charge is 0.267 e. The first-order chi connectivity index (χ1) is 10.9. The number of amidine groups is 1. The topological polar surface area (TPSA) is 126 Å². The van der Waals surface area contributed by atoms with Crippen molar-refractivity contribution >= 4 is 34.6 Å². The molecular weight excluding hydrogens is 316 g/mol. The zero-order valence-electron chi connectivity index (χ0n) is 12.8. The maximum atomic E-state index is 12.2. The molecule has 8 nitrogen and oxygen atoms in total. The van der Waals surface area contributed by atoms with Crippen molar-refractivity contribution in [1.82, 2.24) is 14.9 Å². The van der Waals surface area contributed by atoms with Crippen LogP contribution < -0.4 is 16.4 Å². The molecule has 0 unspecified atom stereocenters. The number of aromatic nitrogens is 2.